The zero-order valence-corrected chi connectivity index (χ0v) is 20.0. The third-order valence-electron chi connectivity index (χ3n) is 6.30. The van der Waals surface area contributed by atoms with E-state index in [1.165, 1.54) is 19.1 Å². The molecule has 182 valence electrons. The van der Waals surface area contributed by atoms with E-state index in [0.29, 0.717) is 17.2 Å². The number of rotatable bonds is 8. The molecule has 8 nitrogen and oxygen atoms in total. The minimum atomic E-state index is -3.70. The number of carbonyl (C=O) groups excluding carboxylic acids is 1. The standard InChI is InChI=1S/C26H26N2O6S/c1-17(29)15-27-35(31,32)22-8-5-18(6-9-22)19-3-2-4-21(13-19)28-25(30)26(11-12-26)20-7-10-23-24(14-20)34-16-33-23/h2-10,13-14,17,27,29H,11-12,15-16H2,1H3,(H,28,30). The van der Waals surface area contributed by atoms with E-state index in [2.05, 4.69) is 10.0 Å². The minimum absolute atomic E-state index is 0.0560. The lowest BCUT2D eigenvalue weighted by Gasteiger charge is -2.17. The van der Waals surface area contributed by atoms with E-state index in [0.717, 1.165) is 29.5 Å². The molecule has 0 radical (unpaired) electrons. The molecule has 2 aliphatic rings. The molecule has 1 unspecified atom stereocenters. The van der Waals surface area contributed by atoms with Gasteiger partial charge in [0.2, 0.25) is 22.7 Å². The van der Waals surface area contributed by atoms with Gasteiger partial charge >= 0.3 is 0 Å². The SMILES string of the molecule is CC(O)CNS(=O)(=O)c1ccc(-c2cccc(NC(=O)C3(c4ccc5c(c4)OCO5)CC3)c2)cc1. The van der Waals surface area contributed by atoms with Crippen LogP contribution in [0.1, 0.15) is 25.3 Å². The molecule has 1 saturated carbocycles. The Balaban J connectivity index is 1.31. The van der Waals surface area contributed by atoms with E-state index in [4.69, 9.17) is 9.47 Å². The van der Waals surface area contributed by atoms with Gasteiger partial charge in [0, 0.05) is 12.2 Å². The number of aliphatic hydroxyl groups is 1. The molecule has 5 rings (SSSR count). The van der Waals surface area contributed by atoms with Crippen molar-refractivity contribution in [3.05, 3.63) is 72.3 Å². The molecular weight excluding hydrogens is 468 g/mol. The average Bonchev–Trinajstić information content (AvgIpc) is 3.54. The van der Waals surface area contributed by atoms with Gasteiger partial charge < -0.3 is 19.9 Å². The van der Waals surface area contributed by atoms with Crippen molar-refractivity contribution in [1.29, 1.82) is 0 Å². The first-order chi connectivity index (χ1) is 16.8. The molecule has 1 amide bonds. The van der Waals surface area contributed by atoms with E-state index in [9.17, 15) is 18.3 Å². The summed E-state index contributed by atoms with van der Waals surface area (Å²) in [6.07, 6.45) is 0.746. The zero-order valence-electron chi connectivity index (χ0n) is 19.2. The molecule has 35 heavy (non-hydrogen) atoms. The monoisotopic (exact) mass is 494 g/mol. The van der Waals surface area contributed by atoms with Gasteiger partial charge in [0.25, 0.3) is 0 Å². The molecule has 1 fully saturated rings. The van der Waals surface area contributed by atoms with E-state index >= 15 is 0 Å². The van der Waals surface area contributed by atoms with Gasteiger partial charge in [-0.3, -0.25) is 4.79 Å². The van der Waals surface area contributed by atoms with Crippen molar-refractivity contribution in [2.45, 2.75) is 36.2 Å². The maximum absolute atomic E-state index is 13.2. The number of ether oxygens (including phenoxy) is 2. The van der Waals surface area contributed by atoms with Crippen molar-refractivity contribution < 1.29 is 27.8 Å². The quantitative estimate of drug-likeness (QED) is 0.442. The Morgan fingerprint density at radius 1 is 1.00 bits per heavy atom. The van der Waals surface area contributed by atoms with E-state index in [1.54, 1.807) is 12.1 Å². The van der Waals surface area contributed by atoms with Crippen LogP contribution in [-0.2, 0) is 20.2 Å². The maximum Gasteiger partial charge on any atom is 0.240 e. The minimum Gasteiger partial charge on any atom is -0.454 e. The summed E-state index contributed by atoms with van der Waals surface area (Å²) in [6, 6.07) is 19.6. The van der Waals surface area contributed by atoms with Crippen LogP contribution in [0.5, 0.6) is 11.5 Å². The van der Waals surface area contributed by atoms with Crippen LogP contribution in [0, 0.1) is 0 Å². The normalized spacial score (nSPS) is 16.5. The van der Waals surface area contributed by atoms with Crippen LogP contribution in [-0.4, -0.2) is 38.9 Å². The van der Waals surface area contributed by atoms with E-state index < -0.39 is 21.5 Å². The van der Waals surface area contributed by atoms with Gasteiger partial charge in [-0.05, 0) is 72.9 Å². The molecule has 1 heterocycles. The molecule has 9 heteroatoms. The first-order valence-corrected chi connectivity index (χ1v) is 12.8. The largest absolute Gasteiger partial charge is 0.454 e. The van der Waals surface area contributed by atoms with Crippen LogP contribution in [0.2, 0.25) is 0 Å². The van der Waals surface area contributed by atoms with Crippen LogP contribution in [0.25, 0.3) is 11.1 Å². The van der Waals surface area contributed by atoms with Crippen LogP contribution in [0.3, 0.4) is 0 Å². The highest BCUT2D eigenvalue weighted by Crippen LogP contribution is 2.51. The predicted molar refractivity (Wildman–Crippen MR) is 131 cm³/mol. The fourth-order valence-corrected chi connectivity index (χ4v) is 5.26. The van der Waals surface area contributed by atoms with Crippen molar-refractivity contribution >= 4 is 21.6 Å². The molecule has 0 spiro atoms. The van der Waals surface area contributed by atoms with Crippen LogP contribution in [0.15, 0.2) is 71.6 Å². The Hall–Kier alpha value is -3.40. The van der Waals surface area contributed by atoms with Crippen molar-refractivity contribution in [2.75, 3.05) is 18.7 Å². The van der Waals surface area contributed by atoms with E-state index in [-0.39, 0.29) is 24.1 Å². The molecule has 0 aromatic heterocycles. The summed E-state index contributed by atoms with van der Waals surface area (Å²) in [5.41, 5.74) is 2.65. The summed E-state index contributed by atoms with van der Waals surface area (Å²) in [4.78, 5) is 13.4. The lowest BCUT2D eigenvalue weighted by atomic mass is 9.94. The van der Waals surface area contributed by atoms with Crippen molar-refractivity contribution in [1.82, 2.24) is 4.72 Å². The Kier molecular flexibility index (Phi) is 6.00. The lowest BCUT2D eigenvalue weighted by Crippen LogP contribution is -2.30. The van der Waals surface area contributed by atoms with Gasteiger partial charge in [0.1, 0.15) is 0 Å². The van der Waals surface area contributed by atoms with E-state index in [1.807, 2.05) is 42.5 Å². The number of benzene rings is 3. The molecule has 1 aliphatic heterocycles. The Morgan fingerprint density at radius 2 is 1.74 bits per heavy atom. The molecule has 1 aliphatic carbocycles. The van der Waals surface area contributed by atoms with Crippen molar-refractivity contribution in [3.8, 4) is 22.6 Å². The van der Waals surface area contributed by atoms with Crippen molar-refractivity contribution in [3.63, 3.8) is 0 Å². The summed E-state index contributed by atoms with van der Waals surface area (Å²) >= 11 is 0. The second kappa shape index (κ2) is 8.99. The highest BCUT2D eigenvalue weighted by molar-refractivity contribution is 7.89. The highest BCUT2D eigenvalue weighted by atomic mass is 32.2. The Bertz CT molecular complexity index is 1360. The molecule has 3 aromatic rings. The predicted octanol–water partition coefficient (Wildman–Crippen LogP) is 3.41. The smallest absolute Gasteiger partial charge is 0.240 e. The van der Waals surface area contributed by atoms with Gasteiger partial charge in [-0.2, -0.15) is 0 Å². The number of nitrogens with one attached hydrogen (secondary N) is 2. The molecule has 0 saturated heterocycles. The lowest BCUT2D eigenvalue weighted by molar-refractivity contribution is -0.118. The first-order valence-electron chi connectivity index (χ1n) is 11.4. The molecule has 3 aromatic carbocycles. The second-order valence-corrected chi connectivity index (χ2v) is 10.7. The van der Waals surface area contributed by atoms with Crippen LogP contribution in [0.4, 0.5) is 5.69 Å². The summed E-state index contributed by atoms with van der Waals surface area (Å²) in [7, 11) is -3.70. The zero-order chi connectivity index (χ0) is 24.6. The Labute approximate surface area is 203 Å². The van der Waals surface area contributed by atoms with Gasteiger partial charge in [0.05, 0.1) is 16.4 Å². The molecule has 0 bridgehead atoms. The summed E-state index contributed by atoms with van der Waals surface area (Å²) < 4.78 is 37.9. The van der Waals surface area contributed by atoms with Crippen LogP contribution < -0.4 is 19.5 Å². The fourth-order valence-electron chi connectivity index (χ4n) is 4.13. The maximum atomic E-state index is 13.2. The topological polar surface area (TPSA) is 114 Å². The third-order valence-corrected chi connectivity index (χ3v) is 7.74. The van der Waals surface area contributed by atoms with Gasteiger partial charge in [0.15, 0.2) is 11.5 Å². The first kappa shape index (κ1) is 23.3. The summed E-state index contributed by atoms with van der Waals surface area (Å²) in [6.45, 7) is 1.65. The number of anilines is 1. The van der Waals surface area contributed by atoms with Crippen molar-refractivity contribution in [2.24, 2.45) is 0 Å². The number of hydrogen-bond acceptors (Lipinski definition) is 6. The number of amides is 1. The Morgan fingerprint density at radius 3 is 2.46 bits per heavy atom. The average molecular weight is 495 g/mol. The van der Waals surface area contributed by atoms with Gasteiger partial charge in [-0.25, -0.2) is 13.1 Å². The molecule has 3 N–H and O–H groups in total. The van der Waals surface area contributed by atoms with Crippen LogP contribution >= 0.6 is 0 Å². The summed E-state index contributed by atoms with van der Waals surface area (Å²) in [5.74, 6) is 1.28. The molecular formula is C26H26N2O6S. The fraction of sp³-hybridized carbons (Fsp3) is 0.269. The number of sulfonamides is 1. The highest BCUT2D eigenvalue weighted by Gasteiger charge is 2.51. The van der Waals surface area contributed by atoms with Gasteiger partial charge in [-0.15, -0.1) is 0 Å². The number of hydrogen-bond donors (Lipinski definition) is 3. The second-order valence-electron chi connectivity index (χ2n) is 8.91. The summed E-state index contributed by atoms with van der Waals surface area (Å²) in [5, 5.41) is 12.4. The number of fused-ring (bicyclic) bond motifs is 1. The number of aliphatic hydroxyl groups excluding tert-OH is 1. The van der Waals surface area contributed by atoms with Gasteiger partial charge in [-0.1, -0.05) is 30.3 Å². The molecule has 1 atom stereocenters. The number of carbonyl (C=O) groups is 1. The third kappa shape index (κ3) is 4.75.